The third kappa shape index (κ3) is 5.84. The highest BCUT2D eigenvalue weighted by molar-refractivity contribution is 7.91. The van der Waals surface area contributed by atoms with E-state index in [9.17, 15) is 26.4 Å². The van der Waals surface area contributed by atoms with Crippen molar-refractivity contribution in [1.29, 1.82) is 0 Å². The third-order valence-electron chi connectivity index (χ3n) is 6.46. The Labute approximate surface area is 225 Å². The number of nitrogens with zero attached hydrogens (tertiary/aromatic N) is 4. The van der Waals surface area contributed by atoms with Gasteiger partial charge in [0.25, 0.3) is 0 Å². The molecule has 1 saturated heterocycles. The van der Waals surface area contributed by atoms with E-state index in [2.05, 4.69) is 20.7 Å². The zero-order valence-electron chi connectivity index (χ0n) is 20.7. The van der Waals surface area contributed by atoms with Gasteiger partial charge in [0.2, 0.25) is 0 Å². The van der Waals surface area contributed by atoms with E-state index in [1.807, 2.05) is 4.90 Å². The Morgan fingerprint density at radius 3 is 2.50 bits per heavy atom. The molecule has 3 heterocycles. The predicted octanol–water partition coefficient (Wildman–Crippen LogP) is 4.01. The molecule has 4 aromatic rings. The maximum atomic E-state index is 15.1. The SMILES string of the molecule is Nc1ncnn2c(CN3CCS(=O)(=O)CC3)cc(-c3ccc(NC(=O)Nc4cccc(C(F)(F)F)c4)c(F)c3)c12. The number of alkyl halides is 3. The molecule has 1 aliphatic heterocycles. The number of anilines is 3. The van der Waals surface area contributed by atoms with E-state index < -0.39 is 33.4 Å². The molecule has 1 fully saturated rings. The van der Waals surface area contributed by atoms with Gasteiger partial charge in [-0.25, -0.2) is 27.1 Å². The molecule has 15 heteroatoms. The zero-order valence-corrected chi connectivity index (χ0v) is 21.6. The van der Waals surface area contributed by atoms with Crippen LogP contribution in [0.1, 0.15) is 11.3 Å². The molecule has 0 spiro atoms. The van der Waals surface area contributed by atoms with E-state index in [1.165, 1.54) is 24.5 Å². The van der Waals surface area contributed by atoms with E-state index in [0.717, 1.165) is 18.2 Å². The van der Waals surface area contributed by atoms with Crippen molar-refractivity contribution >= 4 is 38.6 Å². The van der Waals surface area contributed by atoms with E-state index >= 15 is 4.39 Å². The van der Waals surface area contributed by atoms with Crippen LogP contribution in [0.4, 0.5) is 39.5 Å². The molecular weight excluding hydrogens is 554 g/mol. The first-order valence-electron chi connectivity index (χ1n) is 12.0. The van der Waals surface area contributed by atoms with Gasteiger partial charge in [0.05, 0.1) is 28.5 Å². The van der Waals surface area contributed by atoms with Gasteiger partial charge in [0.15, 0.2) is 15.7 Å². The lowest BCUT2D eigenvalue weighted by atomic mass is 10.1. The van der Waals surface area contributed by atoms with Crippen LogP contribution in [0, 0.1) is 5.82 Å². The molecule has 0 saturated carbocycles. The fraction of sp³-hybridized carbons (Fsp3) is 0.240. The molecule has 40 heavy (non-hydrogen) atoms. The monoisotopic (exact) mass is 577 g/mol. The van der Waals surface area contributed by atoms with Crippen molar-refractivity contribution in [2.45, 2.75) is 12.7 Å². The quantitative estimate of drug-likeness (QED) is 0.305. The Balaban J connectivity index is 1.37. The van der Waals surface area contributed by atoms with Crippen molar-refractivity contribution in [3.63, 3.8) is 0 Å². The summed E-state index contributed by atoms with van der Waals surface area (Å²) in [5.74, 6) is -0.530. The maximum absolute atomic E-state index is 15.1. The molecular formula is C25H23F4N7O3S. The van der Waals surface area contributed by atoms with Crippen molar-refractivity contribution in [3.8, 4) is 11.1 Å². The number of hydrogen-bond donors (Lipinski definition) is 3. The number of urea groups is 1. The van der Waals surface area contributed by atoms with E-state index in [0.29, 0.717) is 42.0 Å². The number of sulfone groups is 1. The smallest absolute Gasteiger partial charge is 0.382 e. The number of rotatable bonds is 5. The van der Waals surface area contributed by atoms with Gasteiger partial charge in [0.1, 0.15) is 17.7 Å². The minimum absolute atomic E-state index is 0.0568. The van der Waals surface area contributed by atoms with Crippen molar-refractivity contribution < 1.29 is 30.8 Å². The lowest BCUT2D eigenvalue weighted by Crippen LogP contribution is -2.39. The fourth-order valence-corrected chi connectivity index (χ4v) is 5.72. The molecule has 0 bridgehead atoms. The van der Waals surface area contributed by atoms with Crippen molar-refractivity contribution in [2.75, 3.05) is 41.0 Å². The van der Waals surface area contributed by atoms with Crippen molar-refractivity contribution in [1.82, 2.24) is 19.5 Å². The Hall–Kier alpha value is -4.24. The average Bonchev–Trinajstić information content (AvgIpc) is 3.26. The van der Waals surface area contributed by atoms with Gasteiger partial charge >= 0.3 is 12.2 Å². The number of halogens is 4. The van der Waals surface area contributed by atoms with Crippen LogP contribution in [0.25, 0.3) is 16.6 Å². The number of carbonyl (C=O) groups excluding carboxylic acids is 1. The van der Waals surface area contributed by atoms with Crippen LogP contribution in [0.3, 0.4) is 0 Å². The Morgan fingerprint density at radius 2 is 1.80 bits per heavy atom. The second-order valence-corrected chi connectivity index (χ2v) is 11.5. The molecule has 10 nitrogen and oxygen atoms in total. The van der Waals surface area contributed by atoms with Crippen LogP contribution in [-0.4, -0.2) is 58.5 Å². The number of nitrogen functional groups attached to an aromatic ring is 1. The maximum Gasteiger partial charge on any atom is 0.416 e. The fourth-order valence-electron chi connectivity index (χ4n) is 4.45. The minimum Gasteiger partial charge on any atom is -0.382 e. The molecule has 0 aliphatic carbocycles. The Bertz CT molecular complexity index is 1690. The zero-order chi connectivity index (χ0) is 28.7. The number of hydrogen-bond acceptors (Lipinski definition) is 7. The van der Waals surface area contributed by atoms with Gasteiger partial charge in [-0.3, -0.25) is 4.90 Å². The highest BCUT2D eigenvalue weighted by Crippen LogP contribution is 2.33. The summed E-state index contributed by atoms with van der Waals surface area (Å²) < 4.78 is 79.0. The second kappa shape index (κ2) is 10.4. The summed E-state index contributed by atoms with van der Waals surface area (Å²) in [6.45, 7) is 1.11. The first-order chi connectivity index (χ1) is 18.9. The molecule has 4 N–H and O–H groups in total. The van der Waals surface area contributed by atoms with E-state index in [-0.39, 0.29) is 28.7 Å². The highest BCUT2D eigenvalue weighted by Gasteiger charge is 2.30. The Morgan fingerprint density at radius 1 is 1.05 bits per heavy atom. The summed E-state index contributed by atoms with van der Waals surface area (Å²) in [4.78, 5) is 18.4. The largest absolute Gasteiger partial charge is 0.416 e. The first kappa shape index (κ1) is 27.3. The second-order valence-electron chi connectivity index (χ2n) is 9.24. The van der Waals surface area contributed by atoms with Gasteiger partial charge in [-0.05, 0) is 42.0 Å². The number of benzene rings is 2. The Kier molecular flexibility index (Phi) is 7.10. The number of nitrogens with one attached hydrogen (secondary N) is 2. The van der Waals surface area contributed by atoms with E-state index in [4.69, 9.17) is 5.73 Å². The van der Waals surface area contributed by atoms with Crippen LogP contribution in [0.15, 0.2) is 54.9 Å². The number of carbonyl (C=O) groups is 1. The van der Waals surface area contributed by atoms with Gasteiger partial charge in [-0.1, -0.05) is 12.1 Å². The first-order valence-corrected chi connectivity index (χ1v) is 13.8. The van der Waals surface area contributed by atoms with Crippen LogP contribution >= 0.6 is 0 Å². The van der Waals surface area contributed by atoms with E-state index in [1.54, 1.807) is 16.6 Å². The lowest BCUT2D eigenvalue weighted by molar-refractivity contribution is -0.137. The van der Waals surface area contributed by atoms with Crippen LogP contribution in [0.5, 0.6) is 0 Å². The summed E-state index contributed by atoms with van der Waals surface area (Å²) in [6.07, 6.45) is -3.30. The summed E-state index contributed by atoms with van der Waals surface area (Å²) in [5.41, 5.74) is 6.94. The minimum atomic E-state index is -4.58. The number of nitrogens with two attached hydrogens (primary N) is 1. The normalized spacial score (nSPS) is 15.7. The molecule has 0 unspecified atom stereocenters. The highest BCUT2D eigenvalue weighted by atomic mass is 32.2. The van der Waals surface area contributed by atoms with Crippen LogP contribution in [0.2, 0.25) is 0 Å². The van der Waals surface area contributed by atoms with Gasteiger partial charge in [-0.15, -0.1) is 0 Å². The summed E-state index contributed by atoms with van der Waals surface area (Å²) in [5, 5.41) is 8.83. The summed E-state index contributed by atoms with van der Waals surface area (Å²) >= 11 is 0. The summed E-state index contributed by atoms with van der Waals surface area (Å²) in [7, 11) is -3.05. The topological polar surface area (TPSA) is 135 Å². The molecule has 2 amide bonds. The molecule has 1 aliphatic rings. The molecule has 0 atom stereocenters. The number of amides is 2. The van der Waals surface area contributed by atoms with Gasteiger partial charge in [-0.2, -0.15) is 18.3 Å². The number of fused-ring (bicyclic) bond motifs is 1. The average molecular weight is 578 g/mol. The van der Waals surface area contributed by atoms with Gasteiger partial charge < -0.3 is 16.4 Å². The lowest BCUT2D eigenvalue weighted by Gasteiger charge is -2.26. The van der Waals surface area contributed by atoms with Crippen molar-refractivity contribution in [3.05, 3.63) is 71.9 Å². The molecule has 5 rings (SSSR count). The summed E-state index contributed by atoms with van der Waals surface area (Å²) in [6, 6.07) is 8.94. The van der Waals surface area contributed by atoms with Crippen LogP contribution in [-0.2, 0) is 22.6 Å². The standard InChI is InChI=1S/C25H23F4N7O3S/c26-20-10-15(4-5-21(20)34-24(37)33-17-3-1-2-16(11-17)25(27,28)29)19-12-18(36-22(19)23(30)31-14-32-36)13-35-6-8-40(38,39)9-7-35/h1-5,10-12,14H,6-9,13H2,(H2,30,31,32)(H2,33,34,37). The molecule has 2 aromatic carbocycles. The van der Waals surface area contributed by atoms with Gasteiger partial charge in [0, 0.05) is 30.9 Å². The number of aromatic nitrogens is 3. The predicted molar refractivity (Wildman–Crippen MR) is 141 cm³/mol. The molecule has 210 valence electrons. The third-order valence-corrected chi connectivity index (χ3v) is 8.06. The van der Waals surface area contributed by atoms with Crippen LogP contribution < -0.4 is 16.4 Å². The molecule has 0 radical (unpaired) electrons. The molecule has 2 aromatic heterocycles. The van der Waals surface area contributed by atoms with Crippen molar-refractivity contribution in [2.24, 2.45) is 0 Å².